The lowest BCUT2D eigenvalue weighted by Gasteiger charge is -2.36. The third-order valence-electron chi connectivity index (χ3n) is 4.57. The lowest BCUT2D eigenvalue weighted by molar-refractivity contribution is -0.141. The summed E-state index contributed by atoms with van der Waals surface area (Å²) < 4.78 is 0. The molecule has 4 heteroatoms. The van der Waals surface area contributed by atoms with Gasteiger partial charge in [0.15, 0.2) is 0 Å². The fourth-order valence-electron chi connectivity index (χ4n) is 2.92. The van der Waals surface area contributed by atoms with Crippen molar-refractivity contribution in [2.24, 2.45) is 23.2 Å². The minimum absolute atomic E-state index is 0.00249. The van der Waals surface area contributed by atoms with E-state index in [0.29, 0.717) is 17.8 Å². The van der Waals surface area contributed by atoms with E-state index in [1.54, 1.807) is 6.92 Å². The first-order valence-corrected chi connectivity index (χ1v) is 7.69. The molecule has 1 unspecified atom stereocenters. The molecule has 1 saturated carbocycles. The van der Waals surface area contributed by atoms with Crippen molar-refractivity contribution in [3.63, 3.8) is 0 Å². The van der Waals surface area contributed by atoms with E-state index in [2.05, 4.69) is 26.1 Å². The van der Waals surface area contributed by atoms with Crippen LogP contribution >= 0.6 is 0 Å². The summed E-state index contributed by atoms with van der Waals surface area (Å²) >= 11 is 0. The molecule has 0 aromatic heterocycles. The van der Waals surface area contributed by atoms with Crippen LogP contribution in [-0.4, -0.2) is 23.5 Å². The Morgan fingerprint density at radius 2 is 1.75 bits per heavy atom. The van der Waals surface area contributed by atoms with E-state index in [-0.39, 0.29) is 12.5 Å². The van der Waals surface area contributed by atoms with E-state index in [1.165, 1.54) is 12.8 Å². The molecule has 116 valence electrons. The highest BCUT2D eigenvalue weighted by atomic mass is 16.4. The van der Waals surface area contributed by atoms with Crippen LogP contribution < -0.4 is 5.32 Å². The van der Waals surface area contributed by atoms with Crippen LogP contribution in [0.3, 0.4) is 0 Å². The second-order valence-electron chi connectivity index (χ2n) is 7.33. The average Bonchev–Trinajstić information content (AvgIpc) is 2.35. The summed E-state index contributed by atoms with van der Waals surface area (Å²) in [6, 6.07) is 0. The normalized spacial score (nSPS) is 25.0. The summed E-state index contributed by atoms with van der Waals surface area (Å²) in [4.78, 5) is 22.5. The van der Waals surface area contributed by atoms with Gasteiger partial charge in [-0.2, -0.15) is 0 Å². The van der Waals surface area contributed by atoms with E-state index in [0.717, 1.165) is 18.8 Å². The van der Waals surface area contributed by atoms with Gasteiger partial charge < -0.3 is 10.4 Å². The van der Waals surface area contributed by atoms with Crippen molar-refractivity contribution >= 4 is 11.9 Å². The maximum atomic E-state index is 11.8. The number of hydrogen-bond acceptors (Lipinski definition) is 2. The molecule has 4 nitrogen and oxygen atoms in total. The Hall–Kier alpha value is -1.06. The molecule has 2 N–H and O–H groups in total. The number of carboxylic acids is 1. The smallest absolute Gasteiger partial charge is 0.308 e. The van der Waals surface area contributed by atoms with Crippen molar-refractivity contribution < 1.29 is 14.7 Å². The van der Waals surface area contributed by atoms with Crippen molar-refractivity contribution in [2.45, 2.75) is 59.8 Å². The second-order valence-corrected chi connectivity index (χ2v) is 7.33. The van der Waals surface area contributed by atoms with Gasteiger partial charge in [-0.05, 0) is 42.9 Å². The molecule has 1 fully saturated rings. The third kappa shape index (κ3) is 5.51. The van der Waals surface area contributed by atoms with Crippen LogP contribution in [0.15, 0.2) is 0 Å². The number of aliphatic carboxylic acids is 1. The van der Waals surface area contributed by atoms with Crippen molar-refractivity contribution in [1.29, 1.82) is 0 Å². The van der Waals surface area contributed by atoms with Crippen molar-refractivity contribution in [2.75, 3.05) is 6.54 Å². The number of carboxylic acid groups (broad SMARTS) is 1. The number of nitrogens with one attached hydrogen (secondary N) is 1. The fourth-order valence-corrected chi connectivity index (χ4v) is 2.92. The molecule has 0 heterocycles. The van der Waals surface area contributed by atoms with Crippen molar-refractivity contribution in [1.82, 2.24) is 5.32 Å². The Balaban J connectivity index is 2.26. The Kier molecular flexibility index (Phi) is 6.03. The predicted octanol–water partition coefficient (Wildman–Crippen LogP) is 3.07. The van der Waals surface area contributed by atoms with Crippen LogP contribution in [-0.2, 0) is 9.59 Å². The van der Waals surface area contributed by atoms with Crippen molar-refractivity contribution in [3.8, 4) is 0 Å². The summed E-state index contributed by atoms with van der Waals surface area (Å²) in [5.74, 6) is -0.161. The Labute approximate surface area is 122 Å². The van der Waals surface area contributed by atoms with Crippen LogP contribution in [0.1, 0.15) is 59.8 Å². The zero-order valence-electron chi connectivity index (χ0n) is 13.2. The van der Waals surface area contributed by atoms with Gasteiger partial charge in [-0.15, -0.1) is 0 Å². The first-order chi connectivity index (χ1) is 9.20. The summed E-state index contributed by atoms with van der Waals surface area (Å²) in [6.07, 6.45) is 5.18. The van der Waals surface area contributed by atoms with Crippen LogP contribution in [0.2, 0.25) is 0 Å². The number of rotatable bonds is 5. The van der Waals surface area contributed by atoms with Gasteiger partial charge in [-0.25, -0.2) is 0 Å². The van der Waals surface area contributed by atoms with Crippen LogP contribution in [0.4, 0.5) is 0 Å². The lowest BCUT2D eigenvalue weighted by atomic mass is 9.69. The van der Waals surface area contributed by atoms with Crippen LogP contribution in [0.25, 0.3) is 0 Å². The molecule has 0 aromatic rings. The molecule has 0 saturated heterocycles. The van der Waals surface area contributed by atoms with Gasteiger partial charge in [-0.3, -0.25) is 9.59 Å². The first-order valence-electron chi connectivity index (χ1n) is 7.69. The lowest BCUT2D eigenvalue weighted by Crippen LogP contribution is -2.33. The van der Waals surface area contributed by atoms with Gasteiger partial charge in [0.25, 0.3) is 0 Å². The Bertz CT molecular complexity index is 338. The number of amides is 1. The molecule has 1 aliphatic rings. The standard InChI is InChI=1S/C16H29NO3/c1-11(15(19)20)10-17-14(18)9-12-5-7-13(8-6-12)16(2,3)4/h11-13H,5-10H2,1-4H3,(H,17,18)(H,19,20). The van der Waals surface area contributed by atoms with E-state index in [9.17, 15) is 9.59 Å². The number of carbonyl (C=O) groups excluding carboxylic acids is 1. The highest BCUT2D eigenvalue weighted by Crippen LogP contribution is 2.40. The molecule has 1 amide bonds. The van der Waals surface area contributed by atoms with Crippen molar-refractivity contribution in [3.05, 3.63) is 0 Å². The maximum absolute atomic E-state index is 11.8. The third-order valence-corrected chi connectivity index (χ3v) is 4.57. The Morgan fingerprint density at radius 1 is 1.20 bits per heavy atom. The SMILES string of the molecule is CC(CNC(=O)CC1CCC(C(C)(C)C)CC1)C(=O)O. The molecular formula is C16H29NO3. The monoisotopic (exact) mass is 283 g/mol. The summed E-state index contributed by atoms with van der Waals surface area (Å²) in [6.45, 7) is 8.70. The zero-order valence-corrected chi connectivity index (χ0v) is 13.2. The van der Waals surface area contributed by atoms with Gasteiger partial charge >= 0.3 is 5.97 Å². The largest absolute Gasteiger partial charge is 0.481 e. The molecule has 0 aromatic carbocycles. The first kappa shape index (κ1) is 17.0. The van der Waals surface area contributed by atoms with Gasteiger partial charge in [-0.1, -0.05) is 27.7 Å². The summed E-state index contributed by atoms with van der Waals surface area (Å²) in [7, 11) is 0. The Morgan fingerprint density at radius 3 is 2.20 bits per heavy atom. The topological polar surface area (TPSA) is 66.4 Å². The molecule has 1 rings (SSSR count). The molecule has 0 radical (unpaired) electrons. The van der Waals surface area contributed by atoms with Gasteiger partial charge in [0.05, 0.1) is 5.92 Å². The van der Waals surface area contributed by atoms with Gasteiger partial charge in [0, 0.05) is 13.0 Å². The number of carbonyl (C=O) groups is 2. The van der Waals surface area contributed by atoms with E-state index < -0.39 is 11.9 Å². The average molecular weight is 283 g/mol. The quantitative estimate of drug-likeness (QED) is 0.815. The molecule has 0 bridgehead atoms. The molecule has 1 atom stereocenters. The van der Waals surface area contributed by atoms with Crippen LogP contribution in [0, 0.1) is 23.2 Å². The molecule has 0 aliphatic heterocycles. The maximum Gasteiger partial charge on any atom is 0.308 e. The molecular weight excluding hydrogens is 254 g/mol. The second kappa shape index (κ2) is 7.09. The minimum Gasteiger partial charge on any atom is -0.481 e. The highest BCUT2D eigenvalue weighted by molar-refractivity contribution is 5.77. The zero-order chi connectivity index (χ0) is 15.3. The van der Waals surface area contributed by atoms with Crippen LogP contribution in [0.5, 0.6) is 0 Å². The fraction of sp³-hybridized carbons (Fsp3) is 0.875. The summed E-state index contributed by atoms with van der Waals surface area (Å²) in [5, 5.41) is 11.5. The van der Waals surface area contributed by atoms with E-state index in [4.69, 9.17) is 5.11 Å². The molecule has 0 spiro atoms. The molecule has 20 heavy (non-hydrogen) atoms. The van der Waals surface area contributed by atoms with Gasteiger partial charge in [0.2, 0.25) is 5.91 Å². The van der Waals surface area contributed by atoms with E-state index >= 15 is 0 Å². The van der Waals surface area contributed by atoms with Gasteiger partial charge in [0.1, 0.15) is 0 Å². The predicted molar refractivity (Wildman–Crippen MR) is 79.3 cm³/mol. The number of hydrogen-bond donors (Lipinski definition) is 2. The molecule has 1 aliphatic carbocycles. The van der Waals surface area contributed by atoms with E-state index in [1.807, 2.05) is 0 Å². The minimum atomic E-state index is -0.865. The highest BCUT2D eigenvalue weighted by Gasteiger charge is 2.30. The summed E-state index contributed by atoms with van der Waals surface area (Å²) in [5.41, 5.74) is 0.365.